The summed E-state index contributed by atoms with van der Waals surface area (Å²) in [7, 11) is 1.79. The Morgan fingerprint density at radius 3 is 1.94 bits per heavy atom. The van der Waals surface area contributed by atoms with Gasteiger partial charge in [-0.25, -0.2) is 0 Å². The second kappa shape index (κ2) is 7.94. The first-order valence-electron chi connectivity index (χ1n) is 5.45. The van der Waals surface area contributed by atoms with Gasteiger partial charge in [-0.2, -0.15) is 0 Å². The van der Waals surface area contributed by atoms with Crippen LogP contribution >= 0.6 is 0 Å². The zero-order valence-corrected chi connectivity index (χ0v) is 9.82. The van der Waals surface area contributed by atoms with E-state index in [1.54, 1.807) is 7.05 Å². The molecule has 16 heavy (non-hydrogen) atoms. The van der Waals surface area contributed by atoms with Crippen molar-refractivity contribution >= 4 is 0 Å². The third-order valence-electron chi connectivity index (χ3n) is 2.43. The molecular formula is C10H23NO5. The third-order valence-corrected chi connectivity index (χ3v) is 2.43. The van der Waals surface area contributed by atoms with E-state index in [0.717, 1.165) is 13.0 Å². The van der Waals surface area contributed by atoms with E-state index in [9.17, 15) is 15.3 Å². The van der Waals surface area contributed by atoms with Gasteiger partial charge in [-0.1, -0.05) is 6.92 Å². The van der Waals surface area contributed by atoms with Crippen molar-refractivity contribution in [2.45, 2.75) is 37.8 Å². The molecule has 0 aromatic heterocycles. The standard InChI is InChI=1S/C10H23NO5/c1-3-4-11(2)5-7(13)9(15)10(16)8(14)6-12/h7-10,12-16H,3-6H2,1-2H3/t7-,8+,9+,10+/m0/s1. The molecule has 6 heteroatoms. The second-order valence-corrected chi connectivity index (χ2v) is 4.06. The van der Waals surface area contributed by atoms with Gasteiger partial charge >= 0.3 is 0 Å². The summed E-state index contributed by atoms with van der Waals surface area (Å²) in [6.45, 7) is 2.30. The smallest absolute Gasteiger partial charge is 0.111 e. The van der Waals surface area contributed by atoms with Crippen molar-refractivity contribution in [1.82, 2.24) is 4.90 Å². The molecule has 0 rings (SSSR count). The highest BCUT2D eigenvalue weighted by Crippen LogP contribution is 2.06. The van der Waals surface area contributed by atoms with E-state index in [4.69, 9.17) is 10.2 Å². The first kappa shape index (κ1) is 15.8. The Morgan fingerprint density at radius 1 is 1.00 bits per heavy atom. The Bertz CT molecular complexity index is 181. The van der Waals surface area contributed by atoms with Crippen LogP contribution in [0.3, 0.4) is 0 Å². The van der Waals surface area contributed by atoms with E-state index in [1.165, 1.54) is 0 Å². The van der Waals surface area contributed by atoms with E-state index in [1.807, 2.05) is 11.8 Å². The molecule has 0 aromatic rings. The first-order chi connectivity index (χ1) is 7.43. The highest BCUT2D eigenvalue weighted by Gasteiger charge is 2.30. The van der Waals surface area contributed by atoms with Crippen LogP contribution in [0.2, 0.25) is 0 Å². The van der Waals surface area contributed by atoms with Crippen molar-refractivity contribution in [2.75, 3.05) is 26.7 Å². The Morgan fingerprint density at radius 2 is 1.50 bits per heavy atom. The van der Waals surface area contributed by atoms with Gasteiger partial charge in [0.1, 0.15) is 18.3 Å². The summed E-state index contributed by atoms with van der Waals surface area (Å²) in [4.78, 5) is 1.81. The van der Waals surface area contributed by atoms with Crippen molar-refractivity contribution in [1.29, 1.82) is 0 Å². The van der Waals surface area contributed by atoms with Crippen LogP contribution in [0, 0.1) is 0 Å². The highest BCUT2D eigenvalue weighted by atomic mass is 16.4. The van der Waals surface area contributed by atoms with Crippen LogP contribution in [0.25, 0.3) is 0 Å². The molecule has 5 N–H and O–H groups in total. The molecule has 0 aromatic carbocycles. The molecule has 0 unspecified atom stereocenters. The molecule has 0 aliphatic rings. The third kappa shape index (κ3) is 5.20. The lowest BCUT2D eigenvalue weighted by Gasteiger charge is -2.28. The monoisotopic (exact) mass is 237 g/mol. The molecular weight excluding hydrogens is 214 g/mol. The minimum atomic E-state index is -1.55. The van der Waals surface area contributed by atoms with Crippen molar-refractivity contribution in [3.8, 4) is 0 Å². The van der Waals surface area contributed by atoms with Crippen LogP contribution in [-0.2, 0) is 0 Å². The molecule has 0 saturated carbocycles. The van der Waals surface area contributed by atoms with Crippen molar-refractivity contribution in [3.63, 3.8) is 0 Å². The van der Waals surface area contributed by atoms with Crippen LogP contribution in [0.15, 0.2) is 0 Å². The zero-order valence-electron chi connectivity index (χ0n) is 9.82. The molecule has 0 aliphatic heterocycles. The number of nitrogens with zero attached hydrogens (tertiary/aromatic N) is 1. The molecule has 0 spiro atoms. The van der Waals surface area contributed by atoms with Crippen LogP contribution in [0.5, 0.6) is 0 Å². The molecule has 98 valence electrons. The van der Waals surface area contributed by atoms with E-state index in [0.29, 0.717) is 0 Å². The average molecular weight is 237 g/mol. The average Bonchev–Trinajstić information content (AvgIpc) is 2.26. The van der Waals surface area contributed by atoms with E-state index in [2.05, 4.69) is 0 Å². The zero-order chi connectivity index (χ0) is 12.7. The molecule has 0 aliphatic carbocycles. The Labute approximate surface area is 95.8 Å². The molecule has 4 atom stereocenters. The quantitative estimate of drug-likeness (QED) is 0.327. The number of hydrogen-bond donors (Lipinski definition) is 5. The largest absolute Gasteiger partial charge is 0.394 e. The number of aliphatic hydroxyl groups excluding tert-OH is 5. The SMILES string of the molecule is CCCN(C)C[C@H](O)[C@@H](O)[C@H](O)[C@H](O)CO. The van der Waals surface area contributed by atoms with Crippen LogP contribution in [0.4, 0.5) is 0 Å². The summed E-state index contributed by atoms with van der Waals surface area (Å²) in [6, 6.07) is 0. The molecule has 6 nitrogen and oxygen atoms in total. The van der Waals surface area contributed by atoms with Gasteiger partial charge in [0, 0.05) is 6.54 Å². The number of rotatable bonds is 8. The van der Waals surface area contributed by atoms with Gasteiger partial charge in [0.05, 0.1) is 12.7 Å². The molecule has 0 saturated heterocycles. The van der Waals surface area contributed by atoms with Gasteiger partial charge in [-0.05, 0) is 20.0 Å². The topological polar surface area (TPSA) is 104 Å². The molecule has 0 bridgehead atoms. The van der Waals surface area contributed by atoms with Crippen molar-refractivity contribution in [2.24, 2.45) is 0 Å². The normalized spacial score (nSPS) is 19.5. The van der Waals surface area contributed by atoms with Gasteiger partial charge in [0.15, 0.2) is 0 Å². The minimum absolute atomic E-state index is 0.199. The summed E-state index contributed by atoms with van der Waals surface area (Å²) in [6.07, 6.45) is -4.70. The lowest BCUT2D eigenvalue weighted by Crippen LogP contribution is -2.49. The summed E-state index contributed by atoms with van der Waals surface area (Å²) in [5.74, 6) is 0. The lowest BCUT2D eigenvalue weighted by molar-refractivity contribution is -0.118. The summed E-state index contributed by atoms with van der Waals surface area (Å²) >= 11 is 0. The van der Waals surface area contributed by atoms with Gasteiger partial charge in [-0.3, -0.25) is 0 Å². The van der Waals surface area contributed by atoms with Crippen molar-refractivity contribution in [3.05, 3.63) is 0 Å². The number of hydrogen-bond acceptors (Lipinski definition) is 6. The van der Waals surface area contributed by atoms with Crippen LogP contribution < -0.4 is 0 Å². The summed E-state index contributed by atoms with van der Waals surface area (Å²) < 4.78 is 0. The predicted octanol–water partition coefficient (Wildman–Crippen LogP) is -2.24. The predicted molar refractivity (Wildman–Crippen MR) is 58.9 cm³/mol. The number of likely N-dealkylation sites (N-methyl/N-ethyl adjacent to an activating group) is 1. The fourth-order valence-corrected chi connectivity index (χ4v) is 1.46. The fourth-order valence-electron chi connectivity index (χ4n) is 1.46. The molecule has 0 amide bonds. The van der Waals surface area contributed by atoms with Gasteiger partial charge in [-0.15, -0.1) is 0 Å². The highest BCUT2D eigenvalue weighted by molar-refractivity contribution is 4.81. The molecule has 0 fully saturated rings. The minimum Gasteiger partial charge on any atom is -0.394 e. The second-order valence-electron chi connectivity index (χ2n) is 4.06. The molecule has 0 radical (unpaired) electrons. The van der Waals surface area contributed by atoms with Gasteiger partial charge < -0.3 is 30.4 Å². The maximum absolute atomic E-state index is 9.59. The fraction of sp³-hybridized carbons (Fsp3) is 1.00. The van der Waals surface area contributed by atoms with E-state index < -0.39 is 31.0 Å². The maximum Gasteiger partial charge on any atom is 0.111 e. The van der Waals surface area contributed by atoms with Gasteiger partial charge in [0.2, 0.25) is 0 Å². The van der Waals surface area contributed by atoms with Crippen molar-refractivity contribution < 1.29 is 25.5 Å². The lowest BCUT2D eigenvalue weighted by atomic mass is 10.0. The summed E-state index contributed by atoms with van der Waals surface area (Å²) in [5, 5.41) is 46.1. The Hall–Kier alpha value is -0.240. The summed E-state index contributed by atoms with van der Waals surface area (Å²) in [5.41, 5.74) is 0. The maximum atomic E-state index is 9.59. The van der Waals surface area contributed by atoms with E-state index >= 15 is 0 Å². The Balaban J connectivity index is 4.11. The van der Waals surface area contributed by atoms with Crippen LogP contribution in [-0.4, -0.2) is 81.6 Å². The van der Waals surface area contributed by atoms with E-state index in [-0.39, 0.29) is 6.54 Å². The van der Waals surface area contributed by atoms with Crippen LogP contribution in [0.1, 0.15) is 13.3 Å². The van der Waals surface area contributed by atoms with Gasteiger partial charge in [0.25, 0.3) is 0 Å². The number of aliphatic hydroxyl groups is 5. The first-order valence-corrected chi connectivity index (χ1v) is 5.45. The Kier molecular flexibility index (Phi) is 7.82. The molecule has 0 heterocycles.